The molecule has 0 aromatic rings. The fraction of sp³-hybridized carbons (Fsp3) is 0.900. The second kappa shape index (κ2) is 4.99. The van der Waals surface area contributed by atoms with Gasteiger partial charge in [0.25, 0.3) is 0 Å². The van der Waals surface area contributed by atoms with Crippen molar-refractivity contribution in [2.45, 2.75) is 27.2 Å². The van der Waals surface area contributed by atoms with Gasteiger partial charge in [-0.1, -0.05) is 20.8 Å². The minimum Gasteiger partial charge on any atom is -0.481 e. The number of carboxylic acids is 1. The Morgan fingerprint density at radius 3 is 2.36 bits per heavy atom. The lowest BCUT2D eigenvalue weighted by Gasteiger charge is -2.36. The summed E-state index contributed by atoms with van der Waals surface area (Å²) in [4.78, 5) is 10.8. The summed E-state index contributed by atoms with van der Waals surface area (Å²) in [5.41, 5.74) is 0.209. The molecule has 0 amide bonds. The molecule has 1 saturated heterocycles. The number of hydrogen-bond donors (Lipinski definition) is 2. The zero-order valence-corrected chi connectivity index (χ0v) is 9.86. The number of rotatable bonds is 1. The predicted molar refractivity (Wildman–Crippen MR) is 58.8 cm³/mol. The number of carboxylic acid groups (broad SMARTS) is 1. The Morgan fingerprint density at radius 2 is 1.93 bits per heavy atom. The van der Waals surface area contributed by atoms with Gasteiger partial charge in [-0.25, -0.2) is 0 Å². The van der Waals surface area contributed by atoms with Crippen LogP contribution in [0.3, 0.4) is 0 Å². The number of nitrogens with one attached hydrogen (secondary N) is 1. The Morgan fingerprint density at radius 1 is 1.36 bits per heavy atom. The van der Waals surface area contributed by atoms with Crippen molar-refractivity contribution in [3.8, 4) is 0 Å². The van der Waals surface area contributed by atoms with E-state index in [0.717, 1.165) is 13.0 Å². The van der Waals surface area contributed by atoms with Crippen molar-refractivity contribution in [2.24, 2.45) is 17.3 Å². The van der Waals surface area contributed by atoms with Crippen molar-refractivity contribution in [3.05, 3.63) is 0 Å². The molecule has 2 N–H and O–H groups in total. The van der Waals surface area contributed by atoms with E-state index in [0.29, 0.717) is 12.5 Å². The summed E-state index contributed by atoms with van der Waals surface area (Å²) >= 11 is 0. The molecule has 0 bridgehead atoms. The van der Waals surface area contributed by atoms with Crippen molar-refractivity contribution in [2.75, 3.05) is 13.1 Å². The highest BCUT2D eigenvalue weighted by molar-refractivity contribution is 5.85. The topological polar surface area (TPSA) is 49.3 Å². The molecule has 3 nitrogen and oxygen atoms in total. The molecule has 0 aromatic heterocycles. The second-order valence-electron chi connectivity index (χ2n) is 4.99. The minimum absolute atomic E-state index is 0. The summed E-state index contributed by atoms with van der Waals surface area (Å²) in [6.45, 7) is 8.09. The molecule has 0 spiro atoms. The molecule has 0 unspecified atom stereocenters. The van der Waals surface area contributed by atoms with Gasteiger partial charge in [-0.05, 0) is 24.3 Å². The number of aliphatic carboxylic acids is 1. The molecule has 0 saturated carbocycles. The van der Waals surface area contributed by atoms with Gasteiger partial charge in [-0.2, -0.15) is 0 Å². The van der Waals surface area contributed by atoms with E-state index in [9.17, 15) is 4.79 Å². The summed E-state index contributed by atoms with van der Waals surface area (Å²) in [6, 6.07) is 0. The van der Waals surface area contributed by atoms with Crippen LogP contribution in [0.15, 0.2) is 0 Å². The van der Waals surface area contributed by atoms with Crippen molar-refractivity contribution in [3.63, 3.8) is 0 Å². The third-order valence-electron chi connectivity index (χ3n) is 2.92. The summed E-state index contributed by atoms with van der Waals surface area (Å²) in [5, 5.41) is 12.1. The average molecular weight is 222 g/mol. The number of halogens is 1. The first-order chi connectivity index (χ1) is 5.91. The summed E-state index contributed by atoms with van der Waals surface area (Å²) in [7, 11) is 0. The third kappa shape index (κ3) is 3.46. The second-order valence-corrected chi connectivity index (χ2v) is 4.99. The number of hydrogen-bond acceptors (Lipinski definition) is 2. The van der Waals surface area contributed by atoms with Crippen LogP contribution in [0, 0.1) is 17.3 Å². The fourth-order valence-electron chi connectivity index (χ4n) is 1.79. The number of carbonyl (C=O) groups is 1. The average Bonchev–Trinajstić information content (AvgIpc) is 2.03. The van der Waals surface area contributed by atoms with Crippen LogP contribution >= 0.6 is 12.4 Å². The highest BCUT2D eigenvalue weighted by Gasteiger charge is 2.33. The monoisotopic (exact) mass is 221 g/mol. The van der Waals surface area contributed by atoms with Crippen LogP contribution in [-0.2, 0) is 4.79 Å². The largest absolute Gasteiger partial charge is 0.481 e. The zero-order chi connectivity index (χ0) is 10.1. The molecule has 84 valence electrons. The highest BCUT2D eigenvalue weighted by Crippen LogP contribution is 2.32. The molecule has 0 radical (unpaired) electrons. The normalized spacial score (nSPS) is 27.9. The summed E-state index contributed by atoms with van der Waals surface area (Å²) < 4.78 is 0. The van der Waals surface area contributed by atoms with Gasteiger partial charge < -0.3 is 10.4 Å². The van der Waals surface area contributed by atoms with Crippen LogP contribution < -0.4 is 5.32 Å². The standard InChI is InChI=1S/C10H19NO2.ClH/c1-10(2,3)8-4-7(9(12)13)5-11-6-8;/h7-8,11H,4-6H2,1-3H3,(H,12,13);1H/t7-,8-;/m1./s1. The molecule has 1 rings (SSSR count). The molecule has 2 atom stereocenters. The zero-order valence-electron chi connectivity index (χ0n) is 9.04. The lowest BCUT2D eigenvalue weighted by Crippen LogP contribution is -2.44. The molecule has 14 heavy (non-hydrogen) atoms. The quantitative estimate of drug-likeness (QED) is 0.710. The SMILES string of the molecule is CC(C)(C)[C@H]1CNC[C@H](C(=O)O)C1.Cl. The van der Waals surface area contributed by atoms with E-state index >= 15 is 0 Å². The maximum atomic E-state index is 10.8. The van der Waals surface area contributed by atoms with Crippen LogP contribution in [-0.4, -0.2) is 24.2 Å². The Hall–Kier alpha value is -0.280. The fourth-order valence-corrected chi connectivity index (χ4v) is 1.79. The van der Waals surface area contributed by atoms with Crippen molar-refractivity contribution in [1.82, 2.24) is 5.32 Å². The molecule has 1 fully saturated rings. The van der Waals surface area contributed by atoms with Gasteiger partial charge in [0.2, 0.25) is 0 Å². The smallest absolute Gasteiger partial charge is 0.307 e. The van der Waals surface area contributed by atoms with Crippen molar-refractivity contribution >= 4 is 18.4 Å². The Bertz CT molecular complexity index is 201. The first-order valence-corrected chi connectivity index (χ1v) is 4.85. The third-order valence-corrected chi connectivity index (χ3v) is 2.92. The van der Waals surface area contributed by atoms with Gasteiger partial charge >= 0.3 is 5.97 Å². The molecule has 4 heteroatoms. The van der Waals surface area contributed by atoms with Gasteiger partial charge in [0, 0.05) is 6.54 Å². The van der Waals surface area contributed by atoms with Gasteiger partial charge in [-0.3, -0.25) is 4.79 Å². The maximum Gasteiger partial charge on any atom is 0.307 e. The Kier molecular flexibility index (Phi) is 4.89. The first-order valence-electron chi connectivity index (χ1n) is 4.85. The van der Waals surface area contributed by atoms with E-state index in [4.69, 9.17) is 5.11 Å². The van der Waals surface area contributed by atoms with Crippen LogP contribution in [0.2, 0.25) is 0 Å². The van der Waals surface area contributed by atoms with Gasteiger partial charge in [0.15, 0.2) is 0 Å². The summed E-state index contributed by atoms with van der Waals surface area (Å²) in [5.74, 6) is -0.387. The van der Waals surface area contributed by atoms with Crippen LogP contribution in [0.5, 0.6) is 0 Å². The van der Waals surface area contributed by atoms with E-state index < -0.39 is 5.97 Å². The molecule has 0 aliphatic carbocycles. The molecule has 1 heterocycles. The van der Waals surface area contributed by atoms with Crippen LogP contribution in [0.25, 0.3) is 0 Å². The van der Waals surface area contributed by atoms with Crippen molar-refractivity contribution in [1.29, 1.82) is 0 Å². The summed E-state index contributed by atoms with van der Waals surface area (Å²) in [6.07, 6.45) is 0.811. The van der Waals surface area contributed by atoms with E-state index in [1.54, 1.807) is 0 Å². The van der Waals surface area contributed by atoms with Gasteiger partial charge in [0.05, 0.1) is 5.92 Å². The van der Waals surface area contributed by atoms with Crippen LogP contribution in [0.1, 0.15) is 27.2 Å². The van der Waals surface area contributed by atoms with E-state index in [2.05, 4.69) is 26.1 Å². The van der Waals surface area contributed by atoms with Gasteiger partial charge in [0.1, 0.15) is 0 Å². The van der Waals surface area contributed by atoms with E-state index in [-0.39, 0.29) is 23.7 Å². The van der Waals surface area contributed by atoms with Crippen molar-refractivity contribution < 1.29 is 9.90 Å². The van der Waals surface area contributed by atoms with E-state index in [1.807, 2.05) is 0 Å². The number of piperidine rings is 1. The molecule has 1 aliphatic rings. The first kappa shape index (κ1) is 13.7. The van der Waals surface area contributed by atoms with E-state index in [1.165, 1.54) is 0 Å². The minimum atomic E-state index is -0.665. The molecule has 0 aromatic carbocycles. The van der Waals surface area contributed by atoms with Crippen LogP contribution in [0.4, 0.5) is 0 Å². The lowest BCUT2D eigenvalue weighted by atomic mass is 9.74. The lowest BCUT2D eigenvalue weighted by molar-refractivity contribution is -0.143. The molecular weight excluding hydrogens is 202 g/mol. The Balaban J connectivity index is 0.00000169. The molecule has 1 aliphatic heterocycles. The maximum absolute atomic E-state index is 10.8. The predicted octanol–water partition coefficient (Wildman–Crippen LogP) is 1.76. The Labute approximate surface area is 91.7 Å². The highest BCUT2D eigenvalue weighted by atomic mass is 35.5. The molecular formula is C10H20ClNO2. The van der Waals surface area contributed by atoms with Gasteiger partial charge in [-0.15, -0.1) is 12.4 Å².